The molecule has 13 heavy (non-hydrogen) atoms. The van der Waals surface area contributed by atoms with Crippen molar-refractivity contribution in [2.75, 3.05) is 11.9 Å². The second-order valence-electron chi connectivity index (χ2n) is 2.16. The summed E-state index contributed by atoms with van der Waals surface area (Å²) in [5.74, 6) is 1.44. The van der Waals surface area contributed by atoms with Crippen LogP contribution < -0.4 is 5.32 Å². The van der Waals surface area contributed by atoms with Gasteiger partial charge in [-0.1, -0.05) is 5.92 Å². The molecule has 1 aromatic heterocycles. The molecule has 1 heterocycles. The van der Waals surface area contributed by atoms with Crippen molar-refractivity contribution in [2.45, 2.75) is 0 Å². The van der Waals surface area contributed by atoms with E-state index in [0.717, 1.165) is 0 Å². The summed E-state index contributed by atoms with van der Waals surface area (Å²) in [6.45, 7) is 0.221. The molecule has 5 nitrogen and oxygen atoms in total. The molecule has 66 valence electrons. The van der Waals surface area contributed by atoms with Gasteiger partial charge in [-0.05, 0) is 6.07 Å². The van der Waals surface area contributed by atoms with E-state index in [9.17, 15) is 4.79 Å². The van der Waals surface area contributed by atoms with Crippen molar-refractivity contribution in [1.82, 2.24) is 10.2 Å². The van der Waals surface area contributed by atoms with Gasteiger partial charge in [-0.2, -0.15) is 5.10 Å². The summed E-state index contributed by atoms with van der Waals surface area (Å²) in [6, 6.07) is 1.36. The summed E-state index contributed by atoms with van der Waals surface area (Å²) in [6.07, 6.45) is 6.30. The maximum atomic E-state index is 10.6. The first-order valence-electron chi connectivity index (χ1n) is 3.48. The Kier molecular flexibility index (Phi) is 2.82. The molecular formula is C8H7N3O2. The van der Waals surface area contributed by atoms with E-state index in [0.29, 0.717) is 0 Å². The molecule has 0 amide bonds. The molecular weight excluding hydrogens is 170 g/mol. The lowest BCUT2D eigenvalue weighted by Crippen LogP contribution is -2.09. The van der Waals surface area contributed by atoms with Crippen molar-refractivity contribution in [3.05, 3.63) is 17.8 Å². The molecule has 0 saturated carbocycles. The molecule has 0 aromatic carbocycles. The lowest BCUT2D eigenvalue weighted by molar-refractivity contribution is 0.0697. The van der Waals surface area contributed by atoms with Crippen LogP contribution in [0.2, 0.25) is 0 Å². The van der Waals surface area contributed by atoms with Crippen LogP contribution >= 0.6 is 0 Å². The average molecular weight is 177 g/mol. The van der Waals surface area contributed by atoms with Crippen LogP contribution in [0.1, 0.15) is 10.4 Å². The van der Waals surface area contributed by atoms with Crippen molar-refractivity contribution < 1.29 is 9.90 Å². The van der Waals surface area contributed by atoms with Crippen molar-refractivity contribution >= 4 is 11.8 Å². The smallest absolute Gasteiger partial charge is 0.339 e. The SMILES string of the molecule is C#CCNc1nnccc1C(=O)O. The fraction of sp³-hybridized carbons (Fsp3) is 0.125. The van der Waals surface area contributed by atoms with Crippen LogP contribution in [0, 0.1) is 12.3 Å². The van der Waals surface area contributed by atoms with E-state index in [1.165, 1.54) is 12.3 Å². The summed E-state index contributed by atoms with van der Waals surface area (Å²) < 4.78 is 0. The number of terminal acetylenes is 1. The average Bonchev–Trinajstić information content (AvgIpc) is 2.15. The highest BCUT2D eigenvalue weighted by atomic mass is 16.4. The zero-order chi connectivity index (χ0) is 9.68. The Bertz CT molecular complexity index is 357. The van der Waals surface area contributed by atoms with E-state index in [4.69, 9.17) is 11.5 Å². The summed E-state index contributed by atoms with van der Waals surface area (Å²) >= 11 is 0. The molecule has 0 atom stereocenters. The Morgan fingerprint density at radius 1 is 1.77 bits per heavy atom. The Balaban J connectivity index is 2.92. The molecule has 1 rings (SSSR count). The first-order valence-corrected chi connectivity index (χ1v) is 3.48. The molecule has 5 heteroatoms. The fourth-order valence-corrected chi connectivity index (χ4v) is 0.770. The van der Waals surface area contributed by atoms with Gasteiger partial charge in [0, 0.05) is 0 Å². The van der Waals surface area contributed by atoms with Crippen molar-refractivity contribution in [3.8, 4) is 12.3 Å². The second-order valence-corrected chi connectivity index (χ2v) is 2.16. The van der Waals surface area contributed by atoms with Gasteiger partial charge in [0.2, 0.25) is 0 Å². The third-order valence-electron chi connectivity index (χ3n) is 1.31. The van der Waals surface area contributed by atoms with Gasteiger partial charge in [0.25, 0.3) is 0 Å². The number of rotatable bonds is 3. The molecule has 0 saturated heterocycles. The summed E-state index contributed by atoms with van der Waals surface area (Å²) in [7, 11) is 0. The normalized spacial score (nSPS) is 8.85. The van der Waals surface area contributed by atoms with E-state index in [2.05, 4.69) is 21.4 Å². The molecule has 0 spiro atoms. The van der Waals surface area contributed by atoms with Crippen LogP contribution in [0.5, 0.6) is 0 Å². The minimum atomic E-state index is -1.06. The molecule has 0 aliphatic rings. The largest absolute Gasteiger partial charge is 0.478 e. The lowest BCUT2D eigenvalue weighted by Gasteiger charge is -2.02. The molecule has 0 radical (unpaired) electrons. The Morgan fingerprint density at radius 3 is 3.15 bits per heavy atom. The number of aromatic nitrogens is 2. The van der Waals surface area contributed by atoms with Crippen LogP contribution in [-0.2, 0) is 0 Å². The van der Waals surface area contributed by atoms with Gasteiger partial charge in [-0.3, -0.25) is 0 Å². The highest BCUT2D eigenvalue weighted by Gasteiger charge is 2.09. The van der Waals surface area contributed by atoms with Crippen molar-refractivity contribution in [3.63, 3.8) is 0 Å². The number of hydrogen-bond acceptors (Lipinski definition) is 4. The zero-order valence-electron chi connectivity index (χ0n) is 6.69. The van der Waals surface area contributed by atoms with Crippen LogP contribution in [0.4, 0.5) is 5.82 Å². The minimum absolute atomic E-state index is 0.0604. The number of nitrogens with one attached hydrogen (secondary N) is 1. The first kappa shape index (κ1) is 9.00. The monoisotopic (exact) mass is 177 g/mol. The van der Waals surface area contributed by atoms with E-state index in [1.54, 1.807) is 0 Å². The van der Waals surface area contributed by atoms with E-state index in [1.807, 2.05) is 0 Å². The number of hydrogen-bond donors (Lipinski definition) is 2. The highest BCUT2D eigenvalue weighted by Crippen LogP contribution is 2.08. The second kappa shape index (κ2) is 4.07. The van der Waals surface area contributed by atoms with Gasteiger partial charge in [0.05, 0.1) is 12.7 Å². The third-order valence-corrected chi connectivity index (χ3v) is 1.31. The molecule has 1 aromatic rings. The standard InChI is InChI=1S/C8H7N3O2/c1-2-4-9-7-6(8(12)13)3-5-10-11-7/h1,3,5H,4H2,(H,9,11)(H,12,13). The van der Waals surface area contributed by atoms with E-state index in [-0.39, 0.29) is 17.9 Å². The van der Waals surface area contributed by atoms with Gasteiger partial charge in [0.15, 0.2) is 5.82 Å². The Hall–Kier alpha value is -2.09. The zero-order valence-corrected chi connectivity index (χ0v) is 6.69. The summed E-state index contributed by atoms with van der Waals surface area (Å²) in [4.78, 5) is 10.6. The van der Waals surface area contributed by atoms with Gasteiger partial charge in [0.1, 0.15) is 5.56 Å². The number of carboxylic acids is 1. The van der Waals surface area contributed by atoms with Gasteiger partial charge in [-0.25, -0.2) is 4.79 Å². The number of carboxylic acid groups (broad SMARTS) is 1. The van der Waals surface area contributed by atoms with Crippen molar-refractivity contribution in [1.29, 1.82) is 0 Å². The number of carbonyl (C=O) groups is 1. The Labute approximate surface area is 74.8 Å². The minimum Gasteiger partial charge on any atom is -0.478 e. The predicted octanol–water partition coefficient (Wildman–Crippen LogP) is 0.220. The molecule has 0 aliphatic carbocycles. The number of nitrogens with zero attached hydrogens (tertiary/aromatic N) is 2. The van der Waals surface area contributed by atoms with Crippen LogP contribution in [0.15, 0.2) is 12.3 Å². The van der Waals surface area contributed by atoms with Gasteiger partial charge in [-0.15, -0.1) is 11.5 Å². The number of anilines is 1. The quantitative estimate of drug-likeness (QED) is 0.646. The lowest BCUT2D eigenvalue weighted by atomic mass is 10.3. The fourth-order valence-electron chi connectivity index (χ4n) is 0.770. The van der Waals surface area contributed by atoms with Gasteiger partial charge < -0.3 is 10.4 Å². The topological polar surface area (TPSA) is 75.1 Å². The van der Waals surface area contributed by atoms with Crippen LogP contribution in [-0.4, -0.2) is 27.8 Å². The molecule has 0 aliphatic heterocycles. The third kappa shape index (κ3) is 2.17. The van der Waals surface area contributed by atoms with Crippen LogP contribution in [0.25, 0.3) is 0 Å². The maximum Gasteiger partial charge on any atom is 0.339 e. The van der Waals surface area contributed by atoms with Gasteiger partial charge >= 0.3 is 5.97 Å². The predicted molar refractivity (Wildman–Crippen MR) is 46.3 cm³/mol. The number of aromatic carboxylic acids is 1. The van der Waals surface area contributed by atoms with E-state index < -0.39 is 5.97 Å². The summed E-state index contributed by atoms with van der Waals surface area (Å²) in [5.41, 5.74) is 0.0604. The van der Waals surface area contributed by atoms with Crippen molar-refractivity contribution in [2.24, 2.45) is 0 Å². The highest BCUT2D eigenvalue weighted by molar-refractivity contribution is 5.92. The molecule has 0 fully saturated rings. The van der Waals surface area contributed by atoms with E-state index >= 15 is 0 Å². The first-order chi connectivity index (χ1) is 6.25. The summed E-state index contributed by atoms with van der Waals surface area (Å²) in [5, 5.41) is 18.5. The maximum absolute atomic E-state index is 10.6. The molecule has 0 bridgehead atoms. The molecule has 0 unspecified atom stereocenters. The molecule has 2 N–H and O–H groups in total. The van der Waals surface area contributed by atoms with Crippen LogP contribution in [0.3, 0.4) is 0 Å². The Morgan fingerprint density at radius 2 is 2.54 bits per heavy atom.